The SMILES string of the molecule is OCCCC1CC2CC1C1C3C=CC(C3)C21. The summed E-state index contributed by atoms with van der Waals surface area (Å²) < 4.78 is 0. The monoisotopic (exact) mass is 218 g/mol. The van der Waals surface area contributed by atoms with Crippen molar-refractivity contribution < 1.29 is 5.11 Å². The van der Waals surface area contributed by atoms with Gasteiger partial charge in [0.1, 0.15) is 0 Å². The molecule has 0 aromatic heterocycles. The highest BCUT2D eigenvalue weighted by molar-refractivity contribution is 5.20. The Balaban J connectivity index is 1.54. The summed E-state index contributed by atoms with van der Waals surface area (Å²) in [6.45, 7) is 0.397. The molecule has 0 aromatic rings. The van der Waals surface area contributed by atoms with Crippen molar-refractivity contribution in [1.82, 2.24) is 0 Å². The molecule has 4 bridgehead atoms. The summed E-state index contributed by atoms with van der Waals surface area (Å²) in [4.78, 5) is 0. The summed E-state index contributed by atoms with van der Waals surface area (Å²) in [5.74, 6) is 7.08. The lowest BCUT2D eigenvalue weighted by Crippen LogP contribution is -2.31. The molecule has 16 heavy (non-hydrogen) atoms. The van der Waals surface area contributed by atoms with Crippen molar-refractivity contribution in [3.8, 4) is 0 Å². The lowest BCUT2D eigenvalue weighted by Gasteiger charge is -2.36. The summed E-state index contributed by atoms with van der Waals surface area (Å²) in [5, 5.41) is 8.98. The van der Waals surface area contributed by atoms with Crippen molar-refractivity contribution in [1.29, 1.82) is 0 Å². The molecule has 3 saturated carbocycles. The van der Waals surface area contributed by atoms with E-state index < -0.39 is 0 Å². The van der Waals surface area contributed by atoms with Gasteiger partial charge in [-0.3, -0.25) is 0 Å². The molecule has 1 N–H and O–H groups in total. The zero-order valence-electron chi connectivity index (χ0n) is 9.89. The predicted octanol–water partition coefficient (Wildman–Crippen LogP) is 2.85. The molecule has 0 heterocycles. The summed E-state index contributed by atoms with van der Waals surface area (Å²) in [7, 11) is 0. The van der Waals surface area contributed by atoms with Crippen molar-refractivity contribution in [3.63, 3.8) is 0 Å². The second kappa shape index (κ2) is 3.35. The molecule has 4 aliphatic rings. The Morgan fingerprint density at radius 3 is 2.62 bits per heavy atom. The molecule has 3 fully saturated rings. The number of hydrogen-bond donors (Lipinski definition) is 1. The van der Waals surface area contributed by atoms with Gasteiger partial charge < -0.3 is 5.11 Å². The van der Waals surface area contributed by atoms with Gasteiger partial charge in [0, 0.05) is 6.61 Å². The first-order valence-electron chi connectivity index (χ1n) is 7.17. The highest BCUT2D eigenvalue weighted by Crippen LogP contribution is 2.67. The Bertz CT molecular complexity index is 321. The molecule has 4 aliphatic carbocycles. The van der Waals surface area contributed by atoms with Gasteiger partial charge in [-0.15, -0.1) is 0 Å². The van der Waals surface area contributed by atoms with Crippen molar-refractivity contribution in [2.24, 2.45) is 41.4 Å². The average Bonchev–Trinajstić information content (AvgIpc) is 3.02. The molecular formula is C15H22O. The Kier molecular flexibility index (Phi) is 2.03. The quantitative estimate of drug-likeness (QED) is 0.570. The van der Waals surface area contributed by atoms with Crippen LogP contribution in [0.15, 0.2) is 12.2 Å². The topological polar surface area (TPSA) is 20.2 Å². The predicted molar refractivity (Wildman–Crippen MR) is 63.7 cm³/mol. The van der Waals surface area contributed by atoms with Gasteiger partial charge >= 0.3 is 0 Å². The highest BCUT2D eigenvalue weighted by atomic mass is 16.2. The fraction of sp³-hybridized carbons (Fsp3) is 0.867. The normalized spacial score (nSPS) is 56.2. The van der Waals surface area contributed by atoms with E-state index in [9.17, 15) is 0 Å². The molecule has 0 saturated heterocycles. The van der Waals surface area contributed by atoms with Crippen LogP contribution in [-0.2, 0) is 0 Å². The largest absolute Gasteiger partial charge is 0.396 e. The number of fused-ring (bicyclic) bond motifs is 9. The van der Waals surface area contributed by atoms with Crippen LogP contribution in [0.3, 0.4) is 0 Å². The van der Waals surface area contributed by atoms with Crippen molar-refractivity contribution >= 4 is 0 Å². The van der Waals surface area contributed by atoms with Crippen LogP contribution in [0, 0.1) is 41.4 Å². The van der Waals surface area contributed by atoms with Crippen LogP contribution in [0.2, 0.25) is 0 Å². The zero-order chi connectivity index (χ0) is 10.7. The zero-order valence-corrected chi connectivity index (χ0v) is 9.89. The second-order valence-corrected chi connectivity index (χ2v) is 6.62. The Hall–Kier alpha value is -0.300. The van der Waals surface area contributed by atoms with Crippen LogP contribution in [0.25, 0.3) is 0 Å². The van der Waals surface area contributed by atoms with Gasteiger partial charge in [-0.2, -0.15) is 0 Å². The lowest BCUT2D eigenvalue weighted by molar-refractivity contribution is 0.137. The van der Waals surface area contributed by atoms with Crippen LogP contribution >= 0.6 is 0 Å². The van der Waals surface area contributed by atoms with E-state index in [2.05, 4.69) is 12.2 Å². The number of aliphatic hydroxyl groups excluding tert-OH is 1. The summed E-state index contributed by atoms with van der Waals surface area (Å²) in [6.07, 6.45) is 11.9. The standard InChI is InChI=1S/C15H22O/c16-5-1-2-9-6-12-8-13(9)15-11-4-3-10(7-11)14(12)15/h3-4,9-16H,1-2,5-8H2. The smallest absolute Gasteiger partial charge is 0.0431 e. The fourth-order valence-corrected chi connectivity index (χ4v) is 5.84. The molecule has 0 aromatic carbocycles. The van der Waals surface area contributed by atoms with Gasteiger partial charge in [-0.1, -0.05) is 12.2 Å². The van der Waals surface area contributed by atoms with Crippen LogP contribution < -0.4 is 0 Å². The number of allylic oxidation sites excluding steroid dienone is 2. The Morgan fingerprint density at radius 2 is 1.81 bits per heavy atom. The summed E-state index contributed by atoms with van der Waals surface area (Å²) in [6, 6.07) is 0. The van der Waals surface area contributed by atoms with E-state index in [1.807, 2.05) is 0 Å². The first kappa shape index (κ1) is 9.70. The summed E-state index contributed by atoms with van der Waals surface area (Å²) in [5.41, 5.74) is 0. The number of aliphatic hydroxyl groups is 1. The van der Waals surface area contributed by atoms with E-state index >= 15 is 0 Å². The van der Waals surface area contributed by atoms with E-state index in [-0.39, 0.29) is 0 Å². The van der Waals surface area contributed by atoms with Crippen LogP contribution in [0.4, 0.5) is 0 Å². The third kappa shape index (κ3) is 1.11. The fourth-order valence-electron chi connectivity index (χ4n) is 5.84. The second-order valence-electron chi connectivity index (χ2n) is 6.62. The van der Waals surface area contributed by atoms with E-state index in [0.29, 0.717) is 6.61 Å². The molecule has 7 unspecified atom stereocenters. The van der Waals surface area contributed by atoms with Crippen molar-refractivity contribution in [3.05, 3.63) is 12.2 Å². The van der Waals surface area contributed by atoms with E-state index in [1.54, 1.807) is 0 Å². The molecule has 1 heteroatoms. The van der Waals surface area contributed by atoms with Gasteiger partial charge in [-0.05, 0) is 73.5 Å². The third-order valence-corrected chi connectivity index (χ3v) is 6.14. The van der Waals surface area contributed by atoms with Crippen molar-refractivity contribution in [2.75, 3.05) is 6.61 Å². The molecule has 1 nitrogen and oxygen atoms in total. The maximum atomic E-state index is 8.98. The van der Waals surface area contributed by atoms with Gasteiger partial charge in [0.05, 0.1) is 0 Å². The van der Waals surface area contributed by atoms with Gasteiger partial charge in [0.2, 0.25) is 0 Å². The first-order valence-corrected chi connectivity index (χ1v) is 7.17. The molecular weight excluding hydrogens is 196 g/mol. The Morgan fingerprint density at radius 1 is 1.00 bits per heavy atom. The Labute approximate surface area is 97.9 Å². The van der Waals surface area contributed by atoms with E-state index in [1.165, 1.54) is 25.7 Å². The maximum Gasteiger partial charge on any atom is 0.0431 e. The molecule has 0 spiro atoms. The van der Waals surface area contributed by atoms with Gasteiger partial charge in [0.15, 0.2) is 0 Å². The molecule has 0 aliphatic heterocycles. The average molecular weight is 218 g/mol. The molecule has 4 rings (SSSR count). The highest BCUT2D eigenvalue weighted by Gasteiger charge is 2.60. The van der Waals surface area contributed by atoms with E-state index in [4.69, 9.17) is 5.11 Å². The van der Waals surface area contributed by atoms with Crippen LogP contribution in [0.1, 0.15) is 32.1 Å². The molecule has 0 radical (unpaired) electrons. The molecule has 7 atom stereocenters. The molecule has 0 amide bonds. The van der Waals surface area contributed by atoms with Crippen LogP contribution in [0.5, 0.6) is 0 Å². The van der Waals surface area contributed by atoms with Crippen molar-refractivity contribution in [2.45, 2.75) is 32.1 Å². The minimum Gasteiger partial charge on any atom is -0.396 e. The number of hydrogen-bond acceptors (Lipinski definition) is 1. The maximum absolute atomic E-state index is 8.98. The molecule has 88 valence electrons. The first-order chi connectivity index (χ1) is 7.88. The number of rotatable bonds is 3. The summed E-state index contributed by atoms with van der Waals surface area (Å²) >= 11 is 0. The third-order valence-electron chi connectivity index (χ3n) is 6.14. The lowest BCUT2D eigenvalue weighted by atomic mass is 9.68. The van der Waals surface area contributed by atoms with Gasteiger partial charge in [-0.25, -0.2) is 0 Å². The van der Waals surface area contributed by atoms with Gasteiger partial charge in [0.25, 0.3) is 0 Å². The van der Waals surface area contributed by atoms with E-state index in [0.717, 1.165) is 47.8 Å². The minimum absolute atomic E-state index is 0.397. The minimum atomic E-state index is 0.397. The van der Waals surface area contributed by atoms with Crippen LogP contribution in [-0.4, -0.2) is 11.7 Å².